The summed E-state index contributed by atoms with van der Waals surface area (Å²) in [6.07, 6.45) is 5.21. The third kappa shape index (κ3) is 7.12. The van der Waals surface area contributed by atoms with Gasteiger partial charge >= 0.3 is 0 Å². The summed E-state index contributed by atoms with van der Waals surface area (Å²) in [4.78, 5) is 0.485. The number of anilines is 2. The second-order valence-corrected chi connectivity index (χ2v) is 11.5. The highest BCUT2D eigenvalue weighted by Crippen LogP contribution is 2.34. The molecule has 0 aliphatic heterocycles. The zero-order valence-electron chi connectivity index (χ0n) is 22.5. The normalized spacial score (nSPS) is 11.3. The van der Waals surface area contributed by atoms with Crippen molar-refractivity contribution in [2.75, 3.05) is 11.5 Å². The Balaban J connectivity index is 1.67. The molecule has 0 atom stereocenters. The molecular weight excluding hydrogens is 508 g/mol. The molecule has 0 radical (unpaired) electrons. The van der Waals surface area contributed by atoms with Crippen molar-refractivity contribution < 1.29 is 17.9 Å². The van der Waals surface area contributed by atoms with E-state index in [1.807, 2.05) is 0 Å². The molecule has 0 unspecified atom stereocenters. The molecule has 0 heterocycles. The van der Waals surface area contributed by atoms with Gasteiger partial charge in [0.25, 0.3) is 0 Å². The fourth-order valence-corrected chi connectivity index (χ4v) is 5.59. The van der Waals surface area contributed by atoms with E-state index >= 15 is 0 Å². The summed E-state index contributed by atoms with van der Waals surface area (Å²) in [7, 11) is -3.77. The number of hydrogen-bond donors (Lipinski definition) is 2. The lowest BCUT2D eigenvalue weighted by Crippen LogP contribution is -2.05. The zero-order chi connectivity index (χ0) is 27.8. The summed E-state index contributed by atoms with van der Waals surface area (Å²) in [5, 5.41) is 0. The molecule has 0 bridgehead atoms. The number of unbranched alkanes of at least 4 members (excludes halogenated alkanes) is 2. The smallest absolute Gasteiger partial charge is 0.206 e. The first-order valence-corrected chi connectivity index (χ1v) is 14.9. The Kier molecular flexibility index (Phi) is 9.15. The van der Waals surface area contributed by atoms with Crippen molar-refractivity contribution in [3.8, 4) is 23.0 Å². The largest absolute Gasteiger partial charge is 0.457 e. The Labute approximate surface area is 231 Å². The van der Waals surface area contributed by atoms with E-state index in [0.717, 1.165) is 36.8 Å². The summed E-state index contributed by atoms with van der Waals surface area (Å²) < 4.78 is 39.8. The lowest BCUT2D eigenvalue weighted by atomic mass is 10.1. The summed E-state index contributed by atoms with van der Waals surface area (Å²) in [6.45, 7) is 4.21. The molecule has 204 valence electrons. The highest BCUT2D eigenvalue weighted by molar-refractivity contribution is 7.91. The van der Waals surface area contributed by atoms with E-state index in [1.165, 1.54) is 0 Å². The van der Waals surface area contributed by atoms with E-state index in [2.05, 4.69) is 13.8 Å². The van der Waals surface area contributed by atoms with Crippen LogP contribution in [0.3, 0.4) is 0 Å². The number of nitrogen functional groups attached to an aromatic ring is 2. The van der Waals surface area contributed by atoms with E-state index in [4.69, 9.17) is 20.9 Å². The number of hydrogen-bond acceptors (Lipinski definition) is 6. The van der Waals surface area contributed by atoms with Gasteiger partial charge in [0, 0.05) is 11.4 Å². The van der Waals surface area contributed by atoms with Crippen LogP contribution in [-0.2, 0) is 22.7 Å². The predicted octanol–water partition coefficient (Wildman–Crippen LogP) is 7.95. The Morgan fingerprint density at radius 2 is 0.974 bits per heavy atom. The summed E-state index contributed by atoms with van der Waals surface area (Å²) in [5.74, 6) is 2.58. The van der Waals surface area contributed by atoms with Crippen LogP contribution < -0.4 is 20.9 Å². The van der Waals surface area contributed by atoms with Crippen LogP contribution in [0.2, 0.25) is 0 Å². The van der Waals surface area contributed by atoms with Crippen molar-refractivity contribution in [3.63, 3.8) is 0 Å². The van der Waals surface area contributed by atoms with Gasteiger partial charge in [-0.1, -0.05) is 26.7 Å². The molecule has 0 aliphatic rings. The van der Waals surface area contributed by atoms with Gasteiger partial charge in [0.15, 0.2) is 0 Å². The molecule has 0 saturated carbocycles. The van der Waals surface area contributed by atoms with Gasteiger partial charge in [-0.3, -0.25) is 0 Å². The van der Waals surface area contributed by atoms with Crippen LogP contribution in [0.5, 0.6) is 23.0 Å². The van der Waals surface area contributed by atoms with Gasteiger partial charge in [0.05, 0.1) is 9.79 Å². The average molecular weight is 545 g/mol. The topological polar surface area (TPSA) is 105 Å². The first-order valence-electron chi connectivity index (χ1n) is 13.4. The second kappa shape index (κ2) is 12.7. The Hall–Kier alpha value is -3.97. The molecule has 0 amide bonds. The molecule has 6 nitrogen and oxygen atoms in total. The van der Waals surface area contributed by atoms with Gasteiger partial charge in [0.2, 0.25) is 9.84 Å². The minimum atomic E-state index is -3.77. The van der Waals surface area contributed by atoms with Crippen molar-refractivity contribution in [2.24, 2.45) is 0 Å². The molecular formula is C32H36N2O4S. The van der Waals surface area contributed by atoms with Gasteiger partial charge in [-0.25, -0.2) is 8.42 Å². The van der Waals surface area contributed by atoms with Gasteiger partial charge in [-0.2, -0.15) is 0 Å². The van der Waals surface area contributed by atoms with Crippen LogP contribution in [0.25, 0.3) is 0 Å². The van der Waals surface area contributed by atoms with Gasteiger partial charge in [-0.05, 0) is 122 Å². The lowest BCUT2D eigenvalue weighted by Gasteiger charge is -2.15. The third-order valence-corrected chi connectivity index (χ3v) is 8.25. The summed E-state index contributed by atoms with van der Waals surface area (Å²) in [5.41, 5.74) is 14.6. The van der Waals surface area contributed by atoms with Gasteiger partial charge < -0.3 is 20.9 Å². The van der Waals surface area contributed by atoms with Crippen LogP contribution in [-0.4, -0.2) is 8.42 Å². The molecule has 0 saturated heterocycles. The van der Waals surface area contributed by atoms with E-state index < -0.39 is 9.84 Å². The summed E-state index contributed by atoms with van der Waals surface area (Å²) >= 11 is 0. The van der Waals surface area contributed by atoms with Crippen molar-refractivity contribution in [1.82, 2.24) is 0 Å². The first-order chi connectivity index (χ1) is 18.8. The molecule has 7 heteroatoms. The number of benzene rings is 4. The average Bonchev–Trinajstić information content (AvgIpc) is 2.94. The third-order valence-electron chi connectivity index (χ3n) is 6.50. The Morgan fingerprint density at radius 3 is 1.33 bits per heavy atom. The van der Waals surface area contributed by atoms with Crippen molar-refractivity contribution in [3.05, 3.63) is 96.1 Å². The van der Waals surface area contributed by atoms with E-state index in [-0.39, 0.29) is 9.79 Å². The number of sulfone groups is 1. The molecule has 0 aliphatic carbocycles. The first kappa shape index (κ1) is 28.0. The molecule has 39 heavy (non-hydrogen) atoms. The number of nitrogens with two attached hydrogens (primary N) is 2. The number of aryl methyl sites for hydroxylation is 2. The maximum atomic E-state index is 13.8. The van der Waals surface area contributed by atoms with E-state index in [0.29, 0.717) is 47.2 Å². The lowest BCUT2D eigenvalue weighted by molar-refractivity contribution is 0.474. The molecule has 4 aromatic rings. The minimum absolute atomic E-state index is 0.243. The highest BCUT2D eigenvalue weighted by atomic mass is 32.2. The van der Waals surface area contributed by atoms with Crippen molar-refractivity contribution >= 4 is 21.2 Å². The molecule has 4 N–H and O–H groups in total. The Bertz CT molecular complexity index is 1390. The van der Waals surface area contributed by atoms with Crippen LogP contribution in [0.1, 0.15) is 50.7 Å². The fourth-order valence-electron chi connectivity index (χ4n) is 4.23. The molecule has 4 rings (SSSR count). The molecule has 0 spiro atoms. The molecule has 0 fully saturated rings. The minimum Gasteiger partial charge on any atom is -0.457 e. The van der Waals surface area contributed by atoms with Crippen LogP contribution in [0, 0.1) is 0 Å². The molecule has 0 aromatic heterocycles. The fraction of sp³-hybridized carbons (Fsp3) is 0.250. The van der Waals surface area contributed by atoms with Crippen LogP contribution >= 0.6 is 0 Å². The monoisotopic (exact) mass is 544 g/mol. The number of ether oxygens (including phenoxy) is 2. The SMILES string of the molecule is CCCCc1cc(S(=O)(=O)c2ccc(Oc3ccc(N)cc3)c(CCCC)c2)ccc1Oc1ccc(N)cc1. The van der Waals surface area contributed by atoms with Crippen LogP contribution in [0.4, 0.5) is 11.4 Å². The quantitative estimate of drug-likeness (QED) is 0.175. The standard InChI is InChI=1S/C32H36N2O4S/c1-3-5-7-23-21-29(17-19-31(23)37-27-13-9-25(33)10-14-27)39(35,36)30-18-20-32(24(22-30)8-6-4-2)38-28-15-11-26(34)12-16-28/h9-22H,3-8,33-34H2,1-2H3. The number of rotatable bonds is 12. The summed E-state index contributed by atoms with van der Waals surface area (Å²) in [6, 6.07) is 24.5. The van der Waals surface area contributed by atoms with Crippen molar-refractivity contribution in [1.29, 1.82) is 0 Å². The maximum absolute atomic E-state index is 13.8. The zero-order valence-corrected chi connectivity index (χ0v) is 23.3. The Morgan fingerprint density at radius 1 is 0.590 bits per heavy atom. The van der Waals surface area contributed by atoms with E-state index in [1.54, 1.807) is 84.9 Å². The highest BCUT2D eigenvalue weighted by Gasteiger charge is 2.22. The predicted molar refractivity (Wildman–Crippen MR) is 157 cm³/mol. The van der Waals surface area contributed by atoms with Gasteiger partial charge in [0.1, 0.15) is 23.0 Å². The second-order valence-electron chi connectivity index (χ2n) is 9.59. The van der Waals surface area contributed by atoms with Gasteiger partial charge in [-0.15, -0.1) is 0 Å². The maximum Gasteiger partial charge on any atom is 0.206 e. The van der Waals surface area contributed by atoms with Crippen molar-refractivity contribution in [2.45, 2.75) is 62.2 Å². The van der Waals surface area contributed by atoms with Crippen LogP contribution in [0.15, 0.2) is 94.7 Å². The van der Waals surface area contributed by atoms with E-state index in [9.17, 15) is 8.42 Å². The molecule has 4 aromatic carbocycles.